The average molecular weight is 583 g/mol. The molecule has 1 N–H and O–H groups in total. The van der Waals surface area contributed by atoms with Crippen molar-refractivity contribution in [1.82, 2.24) is 10.1 Å². The molecule has 0 saturated carbocycles. The lowest BCUT2D eigenvalue weighted by molar-refractivity contribution is -0.113. The van der Waals surface area contributed by atoms with E-state index in [1.807, 2.05) is 36.5 Å². The Bertz CT molecular complexity index is 1260. The van der Waals surface area contributed by atoms with E-state index in [0.29, 0.717) is 5.88 Å². The van der Waals surface area contributed by atoms with Crippen LogP contribution in [-0.2, 0) is 23.1 Å². The van der Waals surface area contributed by atoms with Crippen molar-refractivity contribution < 1.29 is 14.1 Å². The molecule has 3 heterocycles. The van der Waals surface area contributed by atoms with Gasteiger partial charge in [0.05, 0.1) is 23.2 Å². The van der Waals surface area contributed by atoms with Crippen molar-refractivity contribution in [3.63, 3.8) is 0 Å². The fourth-order valence-corrected chi connectivity index (χ4v) is 4.72. The number of rotatable bonds is 8. The van der Waals surface area contributed by atoms with Crippen molar-refractivity contribution >= 4 is 35.1 Å². The van der Waals surface area contributed by atoms with Gasteiger partial charge in [0.15, 0.2) is 5.78 Å². The Morgan fingerprint density at radius 2 is 1.78 bits per heavy atom. The van der Waals surface area contributed by atoms with Crippen LogP contribution in [0.3, 0.4) is 0 Å². The quantitative estimate of drug-likeness (QED) is 0.314. The predicted octanol–water partition coefficient (Wildman–Crippen LogP) is 8.89. The molecule has 0 spiro atoms. The number of Topliss-reactive ketones (excluding diaryl/α,β-unsaturated/α-hetero) is 1. The number of carbonyl (C=O) groups excluding carboxylic acids is 2. The molecule has 3 rings (SSSR count). The molecule has 1 aliphatic rings. The molecule has 1 aliphatic heterocycles. The molecular formula is C33H50N4O3S. The van der Waals surface area contributed by atoms with Gasteiger partial charge in [0, 0.05) is 46.8 Å². The van der Waals surface area contributed by atoms with Gasteiger partial charge in [0.25, 0.3) is 5.91 Å². The summed E-state index contributed by atoms with van der Waals surface area (Å²) in [7, 11) is 1.91. The molecule has 226 valence electrons. The summed E-state index contributed by atoms with van der Waals surface area (Å²) in [5.41, 5.74) is 5.42. The Hall–Kier alpha value is -3.26. The molecule has 0 saturated heterocycles. The third-order valence-corrected chi connectivity index (χ3v) is 7.29. The average Bonchev–Trinajstić information content (AvgIpc) is 3.56. The first-order valence-electron chi connectivity index (χ1n) is 14.6. The Kier molecular flexibility index (Phi) is 15.3. The second kappa shape index (κ2) is 17.5. The first kappa shape index (κ1) is 35.8. The Morgan fingerprint density at radius 1 is 1.12 bits per heavy atom. The largest absolute Gasteiger partial charge is 0.348 e. The summed E-state index contributed by atoms with van der Waals surface area (Å²) in [5, 5.41) is 8.80. The van der Waals surface area contributed by atoms with Crippen LogP contribution in [0.4, 0.5) is 5.88 Å². The summed E-state index contributed by atoms with van der Waals surface area (Å²) in [5.74, 6) is 0.356. The van der Waals surface area contributed by atoms with E-state index in [9.17, 15) is 9.59 Å². The Labute approximate surface area is 251 Å². The highest BCUT2D eigenvalue weighted by Gasteiger charge is 2.22. The van der Waals surface area contributed by atoms with E-state index >= 15 is 0 Å². The van der Waals surface area contributed by atoms with E-state index in [1.54, 1.807) is 36.7 Å². The normalized spacial score (nSPS) is 14.1. The second-order valence-electron chi connectivity index (χ2n) is 11.0. The lowest BCUT2D eigenvalue weighted by Gasteiger charge is -2.19. The summed E-state index contributed by atoms with van der Waals surface area (Å²) >= 11 is 1.66. The van der Waals surface area contributed by atoms with Crippen molar-refractivity contribution in [2.45, 2.75) is 107 Å². The fraction of sp³-hybridized carbons (Fsp3) is 0.515. The minimum Gasteiger partial charge on any atom is -0.348 e. The standard InChI is InChI=1S/C17H24N2O2S.C13H18N2O.C3H8/c1-6-8-11-12(10-22-13(11)7-2)16(20)18-15-9-14(19-21-15)17(3,4)5;1-5-10(2)8-12(11(3)16)13-9-14-6-7-15(13)4;1-3-2/h9-10H,6-8H2,1-5H3,(H,18,20);6-9H,5H2,1-4H3;3H2,1-2H3/b;10-8?,13-12+;. The summed E-state index contributed by atoms with van der Waals surface area (Å²) < 4.78 is 5.24. The third kappa shape index (κ3) is 11.3. The maximum absolute atomic E-state index is 12.5. The number of thiophene rings is 1. The molecule has 41 heavy (non-hydrogen) atoms. The van der Waals surface area contributed by atoms with Crippen LogP contribution in [0.5, 0.6) is 0 Å². The van der Waals surface area contributed by atoms with Gasteiger partial charge in [-0.2, -0.15) is 0 Å². The smallest absolute Gasteiger partial charge is 0.259 e. The highest BCUT2D eigenvalue weighted by atomic mass is 32.1. The van der Waals surface area contributed by atoms with Crippen LogP contribution < -0.4 is 5.32 Å². The zero-order valence-electron chi connectivity index (χ0n) is 27.0. The molecule has 1 amide bonds. The summed E-state index contributed by atoms with van der Waals surface area (Å²) in [6, 6.07) is 1.80. The van der Waals surface area contributed by atoms with Crippen LogP contribution in [-0.4, -0.2) is 35.0 Å². The van der Waals surface area contributed by atoms with Crippen molar-refractivity contribution in [2.24, 2.45) is 4.99 Å². The van der Waals surface area contributed by atoms with Crippen LogP contribution >= 0.6 is 11.3 Å². The molecule has 2 aromatic rings. The van der Waals surface area contributed by atoms with E-state index in [2.05, 4.69) is 70.9 Å². The number of hydrogen-bond acceptors (Lipinski definition) is 7. The SMILES string of the molecule is CCC.CCC(C)=C/C(C(C)=O)=C1/C=NC=CN1C.CCCc1c(C(=O)Nc2cc(C(C)(C)C)no2)csc1CC. The molecule has 0 atom stereocenters. The predicted molar refractivity (Wildman–Crippen MR) is 174 cm³/mol. The number of aliphatic imine (C=N–C) groups is 1. The van der Waals surface area contributed by atoms with Crippen molar-refractivity contribution in [1.29, 1.82) is 0 Å². The van der Waals surface area contributed by atoms with E-state index in [1.165, 1.54) is 22.4 Å². The van der Waals surface area contributed by atoms with Gasteiger partial charge in [-0.3, -0.25) is 19.9 Å². The molecular weight excluding hydrogens is 532 g/mol. The minimum absolute atomic E-state index is 0.0661. The van der Waals surface area contributed by atoms with Crippen LogP contribution in [0.25, 0.3) is 0 Å². The highest BCUT2D eigenvalue weighted by molar-refractivity contribution is 7.10. The van der Waals surface area contributed by atoms with E-state index in [0.717, 1.165) is 48.2 Å². The van der Waals surface area contributed by atoms with Gasteiger partial charge in [-0.1, -0.05) is 85.0 Å². The number of anilines is 1. The Balaban J connectivity index is 0.000000390. The second-order valence-corrected chi connectivity index (χ2v) is 12.0. The van der Waals surface area contributed by atoms with Crippen molar-refractivity contribution in [3.05, 3.63) is 68.5 Å². The number of aryl methyl sites for hydroxylation is 1. The lowest BCUT2D eigenvalue weighted by atomic mass is 9.92. The first-order valence-corrected chi connectivity index (χ1v) is 15.4. The number of aromatic nitrogens is 1. The van der Waals surface area contributed by atoms with Crippen LogP contribution in [0, 0.1) is 0 Å². The van der Waals surface area contributed by atoms with E-state index < -0.39 is 0 Å². The molecule has 7 nitrogen and oxygen atoms in total. The molecule has 0 fully saturated rings. The van der Waals surface area contributed by atoms with Crippen LogP contribution in [0.15, 0.2) is 56.3 Å². The minimum atomic E-state index is -0.115. The molecule has 0 radical (unpaired) electrons. The fourth-order valence-electron chi connectivity index (χ4n) is 3.69. The molecule has 0 bridgehead atoms. The number of allylic oxidation sites excluding steroid dienone is 4. The number of carbonyl (C=O) groups is 2. The van der Waals surface area contributed by atoms with Gasteiger partial charge < -0.3 is 9.42 Å². The highest BCUT2D eigenvalue weighted by Crippen LogP contribution is 2.27. The molecule has 2 aromatic heterocycles. The monoisotopic (exact) mass is 582 g/mol. The topological polar surface area (TPSA) is 87.8 Å². The van der Waals surface area contributed by atoms with Crippen LogP contribution in [0.1, 0.15) is 115 Å². The number of nitrogens with one attached hydrogen (secondary N) is 1. The van der Waals surface area contributed by atoms with Gasteiger partial charge in [-0.15, -0.1) is 11.3 Å². The van der Waals surface area contributed by atoms with E-state index in [4.69, 9.17) is 4.52 Å². The molecule has 0 aromatic carbocycles. The number of amides is 1. The number of ketones is 1. The zero-order chi connectivity index (χ0) is 31.2. The maximum Gasteiger partial charge on any atom is 0.259 e. The molecule has 8 heteroatoms. The van der Waals surface area contributed by atoms with Gasteiger partial charge >= 0.3 is 0 Å². The van der Waals surface area contributed by atoms with Gasteiger partial charge in [0.2, 0.25) is 5.88 Å². The molecule has 0 unspecified atom stereocenters. The summed E-state index contributed by atoms with van der Waals surface area (Å²) in [6.45, 7) is 20.4. The summed E-state index contributed by atoms with van der Waals surface area (Å²) in [4.78, 5) is 31.4. The Morgan fingerprint density at radius 3 is 2.27 bits per heavy atom. The molecule has 0 aliphatic carbocycles. The zero-order valence-corrected chi connectivity index (χ0v) is 27.8. The number of nitrogens with zero attached hydrogens (tertiary/aromatic N) is 3. The van der Waals surface area contributed by atoms with Gasteiger partial charge in [-0.25, -0.2) is 0 Å². The maximum atomic E-state index is 12.5. The first-order chi connectivity index (χ1) is 19.3. The van der Waals surface area contributed by atoms with Crippen LogP contribution in [0.2, 0.25) is 0 Å². The van der Waals surface area contributed by atoms with Crippen molar-refractivity contribution in [2.75, 3.05) is 12.4 Å². The van der Waals surface area contributed by atoms with Crippen molar-refractivity contribution in [3.8, 4) is 0 Å². The van der Waals surface area contributed by atoms with Gasteiger partial charge in [-0.05, 0) is 38.7 Å². The number of hydrogen-bond donors (Lipinski definition) is 1. The summed E-state index contributed by atoms with van der Waals surface area (Å²) in [6.07, 6.45) is 12.3. The van der Waals surface area contributed by atoms with E-state index in [-0.39, 0.29) is 17.1 Å². The third-order valence-electron chi connectivity index (χ3n) is 6.12. The van der Waals surface area contributed by atoms with Gasteiger partial charge in [0.1, 0.15) is 0 Å². The lowest BCUT2D eigenvalue weighted by Crippen LogP contribution is -2.18.